The highest BCUT2D eigenvalue weighted by Gasteiger charge is 2.13. The fourth-order valence-electron chi connectivity index (χ4n) is 1.65. The van der Waals surface area contributed by atoms with Crippen molar-refractivity contribution >= 4 is 34.9 Å². The zero-order valence-electron chi connectivity index (χ0n) is 10.5. The molecule has 3 nitrogen and oxygen atoms in total. The van der Waals surface area contributed by atoms with Crippen LogP contribution in [0.3, 0.4) is 0 Å². The van der Waals surface area contributed by atoms with Gasteiger partial charge in [0, 0.05) is 6.07 Å². The van der Waals surface area contributed by atoms with Crippen LogP contribution in [0.1, 0.15) is 15.9 Å². The van der Waals surface area contributed by atoms with Gasteiger partial charge in [-0.2, -0.15) is 0 Å². The number of halogens is 4. The second-order valence-electron chi connectivity index (χ2n) is 4.22. The van der Waals surface area contributed by atoms with Crippen LogP contribution < -0.4 is 5.73 Å². The lowest BCUT2D eigenvalue weighted by Gasteiger charge is -2.08. The zero-order valence-corrected chi connectivity index (χ0v) is 12.0. The summed E-state index contributed by atoms with van der Waals surface area (Å²) in [6, 6.07) is 5.47. The van der Waals surface area contributed by atoms with Crippen molar-refractivity contribution < 1.29 is 18.3 Å². The van der Waals surface area contributed by atoms with Crippen LogP contribution in [-0.4, -0.2) is 5.97 Å². The molecule has 0 aliphatic heterocycles. The predicted molar refractivity (Wildman–Crippen MR) is 76.4 cm³/mol. The molecule has 0 aliphatic rings. The molecule has 0 fully saturated rings. The van der Waals surface area contributed by atoms with Crippen LogP contribution >= 0.6 is 23.2 Å². The highest BCUT2D eigenvalue weighted by atomic mass is 35.5. The minimum atomic E-state index is -0.750. The van der Waals surface area contributed by atoms with Crippen LogP contribution in [0.2, 0.25) is 10.0 Å². The fraction of sp³-hybridized carbons (Fsp3) is 0.0714. The number of anilines is 1. The summed E-state index contributed by atoms with van der Waals surface area (Å²) in [7, 11) is 0. The summed E-state index contributed by atoms with van der Waals surface area (Å²) in [6.45, 7) is -0.284. The van der Waals surface area contributed by atoms with Crippen LogP contribution in [0.5, 0.6) is 0 Å². The van der Waals surface area contributed by atoms with Crippen molar-refractivity contribution in [1.82, 2.24) is 0 Å². The van der Waals surface area contributed by atoms with E-state index in [0.29, 0.717) is 0 Å². The van der Waals surface area contributed by atoms with Gasteiger partial charge in [-0.1, -0.05) is 23.2 Å². The van der Waals surface area contributed by atoms with E-state index in [1.165, 1.54) is 12.1 Å². The number of carbonyl (C=O) groups excluding carboxylic acids is 1. The van der Waals surface area contributed by atoms with Gasteiger partial charge in [0.2, 0.25) is 0 Å². The topological polar surface area (TPSA) is 52.3 Å². The Balaban J connectivity index is 2.11. The number of ether oxygens (including phenoxy) is 1. The summed E-state index contributed by atoms with van der Waals surface area (Å²) in [5.74, 6) is -2.23. The molecule has 0 aliphatic carbocycles. The van der Waals surface area contributed by atoms with Crippen molar-refractivity contribution in [2.45, 2.75) is 6.61 Å². The summed E-state index contributed by atoms with van der Waals surface area (Å²) in [5, 5.41) is 0.251. The van der Waals surface area contributed by atoms with Crippen molar-refractivity contribution in [3.63, 3.8) is 0 Å². The Hall–Kier alpha value is -1.85. The van der Waals surface area contributed by atoms with Gasteiger partial charge in [0.25, 0.3) is 0 Å². The molecule has 2 N–H and O–H groups in total. The Morgan fingerprint density at radius 1 is 1.10 bits per heavy atom. The van der Waals surface area contributed by atoms with Crippen LogP contribution in [0.4, 0.5) is 14.5 Å². The van der Waals surface area contributed by atoms with Gasteiger partial charge < -0.3 is 10.5 Å². The standard InChI is InChI=1S/C14H9Cl2F2NO2/c15-11-3-8(4-12(19)13(11)16)14(20)21-6-7-1-9(17)5-10(18)2-7/h1-5H,6,19H2. The third-order valence-electron chi connectivity index (χ3n) is 2.58. The maximum absolute atomic E-state index is 13.0. The number of carbonyl (C=O) groups is 1. The van der Waals surface area contributed by atoms with E-state index < -0.39 is 17.6 Å². The highest BCUT2D eigenvalue weighted by molar-refractivity contribution is 6.43. The molecule has 0 atom stereocenters. The maximum Gasteiger partial charge on any atom is 0.338 e. The first-order valence-electron chi connectivity index (χ1n) is 5.73. The molecule has 2 aromatic carbocycles. The molecule has 21 heavy (non-hydrogen) atoms. The highest BCUT2D eigenvalue weighted by Crippen LogP contribution is 2.29. The number of hydrogen-bond acceptors (Lipinski definition) is 3. The average molecular weight is 332 g/mol. The molecule has 7 heteroatoms. The number of nitrogens with two attached hydrogens (primary N) is 1. The first kappa shape index (κ1) is 15.5. The van der Waals surface area contributed by atoms with Crippen LogP contribution in [0.15, 0.2) is 30.3 Å². The van der Waals surface area contributed by atoms with Crippen LogP contribution in [0.25, 0.3) is 0 Å². The van der Waals surface area contributed by atoms with E-state index in [9.17, 15) is 13.6 Å². The molecule has 0 aromatic heterocycles. The third kappa shape index (κ3) is 3.83. The van der Waals surface area contributed by atoms with Gasteiger partial charge in [-0.15, -0.1) is 0 Å². The number of rotatable bonds is 3. The minimum Gasteiger partial charge on any atom is -0.457 e. The first-order chi connectivity index (χ1) is 9.86. The molecule has 0 amide bonds. The first-order valence-corrected chi connectivity index (χ1v) is 6.49. The molecule has 0 unspecified atom stereocenters. The second-order valence-corrected chi connectivity index (χ2v) is 5.00. The molecule has 110 valence electrons. The normalized spacial score (nSPS) is 10.5. The van der Waals surface area contributed by atoms with E-state index in [2.05, 4.69) is 0 Å². The lowest BCUT2D eigenvalue weighted by atomic mass is 10.2. The summed E-state index contributed by atoms with van der Waals surface area (Å²) < 4.78 is 30.9. The van der Waals surface area contributed by atoms with Gasteiger partial charge in [-0.3, -0.25) is 0 Å². The maximum atomic E-state index is 13.0. The van der Waals surface area contributed by atoms with Crippen LogP contribution in [0, 0.1) is 11.6 Å². The van der Waals surface area contributed by atoms with E-state index in [0.717, 1.165) is 18.2 Å². The SMILES string of the molecule is Nc1cc(C(=O)OCc2cc(F)cc(F)c2)cc(Cl)c1Cl. The Morgan fingerprint density at radius 2 is 1.71 bits per heavy atom. The van der Waals surface area contributed by atoms with Crippen molar-refractivity contribution in [2.24, 2.45) is 0 Å². The summed E-state index contributed by atoms with van der Waals surface area (Å²) >= 11 is 11.6. The van der Waals surface area contributed by atoms with Gasteiger partial charge in [0.05, 0.1) is 21.3 Å². The van der Waals surface area contributed by atoms with Crippen molar-refractivity contribution in [2.75, 3.05) is 5.73 Å². The molecule has 0 saturated carbocycles. The molecule has 0 heterocycles. The second kappa shape index (κ2) is 6.28. The zero-order chi connectivity index (χ0) is 15.6. The molecule has 0 spiro atoms. The molecule has 0 saturated heterocycles. The number of esters is 1. The smallest absolute Gasteiger partial charge is 0.338 e. The Kier molecular flexibility index (Phi) is 4.65. The van der Waals surface area contributed by atoms with Gasteiger partial charge in [-0.05, 0) is 29.8 Å². The molecule has 2 aromatic rings. The van der Waals surface area contributed by atoms with Crippen LogP contribution in [-0.2, 0) is 11.3 Å². The predicted octanol–water partition coefficient (Wildman–Crippen LogP) is 4.21. The van der Waals surface area contributed by atoms with Crippen molar-refractivity contribution in [1.29, 1.82) is 0 Å². The Labute approximate surface area is 129 Å². The third-order valence-corrected chi connectivity index (χ3v) is 3.40. The summed E-state index contributed by atoms with van der Waals surface area (Å²) in [5.41, 5.74) is 6.00. The summed E-state index contributed by atoms with van der Waals surface area (Å²) in [4.78, 5) is 11.8. The molecular formula is C14H9Cl2F2NO2. The number of nitrogen functional groups attached to an aromatic ring is 1. The molecule has 0 radical (unpaired) electrons. The quantitative estimate of drug-likeness (QED) is 0.677. The monoisotopic (exact) mass is 331 g/mol. The van der Waals surface area contributed by atoms with Gasteiger partial charge in [0.15, 0.2) is 0 Å². The Bertz CT molecular complexity index is 664. The number of benzene rings is 2. The lowest BCUT2D eigenvalue weighted by Crippen LogP contribution is -2.06. The Morgan fingerprint density at radius 3 is 2.29 bits per heavy atom. The van der Waals surface area contributed by atoms with E-state index >= 15 is 0 Å². The molecule has 0 bridgehead atoms. The lowest BCUT2D eigenvalue weighted by molar-refractivity contribution is 0.0472. The fourth-order valence-corrected chi connectivity index (χ4v) is 1.99. The molecule has 2 rings (SSSR count). The van der Waals surface area contributed by atoms with E-state index in [4.69, 9.17) is 33.7 Å². The van der Waals surface area contributed by atoms with Crippen molar-refractivity contribution in [3.8, 4) is 0 Å². The van der Waals surface area contributed by atoms with E-state index in [1.54, 1.807) is 0 Å². The summed E-state index contributed by atoms with van der Waals surface area (Å²) in [6.07, 6.45) is 0. The number of hydrogen-bond donors (Lipinski definition) is 1. The minimum absolute atomic E-state index is 0.0961. The van der Waals surface area contributed by atoms with Gasteiger partial charge in [0.1, 0.15) is 18.2 Å². The van der Waals surface area contributed by atoms with Crippen molar-refractivity contribution in [3.05, 3.63) is 63.1 Å². The van der Waals surface area contributed by atoms with E-state index in [1.807, 2.05) is 0 Å². The molecular weight excluding hydrogens is 323 g/mol. The van der Waals surface area contributed by atoms with E-state index in [-0.39, 0.29) is 33.5 Å². The largest absolute Gasteiger partial charge is 0.457 e. The van der Waals surface area contributed by atoms with Gasteiger partial charge in [-0.25, -0.2) is 13.6 Å². The average Bonchev–Trinajstić information content (AvgIpc) is 2.40. The van der Waals surface area contributed by atoms with Gasteiger partial charge >= 0.3 is 5.97 Å².